The molecule has 0 radical (unpaired) electrons. The summed E-state index contributed by atoms with van der Waals surface area (Å²) in [4.78, 5) is 19.4. The minimum absolute atomic E-state index is 0.0348. The minimum Gasteiger partial charge on any atom is -0.457 e. The van der Waals surface area contributed by atoms with Crippen LogP contribution in [0.2, 0.25) is 0 Å². The van der Waals surface area contributed by atoms with Crippen LogP contribution in [0.4, 0.5) is 13.2 Å². The fourth-order valence-corrected chi connectivity index (χ4v) is 2.13. The predicted molar refractivity (Wildman–Crippen MR) is 86.0 cm³/mol. The SMILES string of the molecule is CNC(=O)c1ccnc(OCc2cn(-c3ccc(F)c(C(F)F)c3)nn2)n1. The molecule has 0 fully saturated rings. The van der Waals surface area contributed by atoms with Gasteiger partial charge in [0.1, 0.15) is 23.8 Å². The summed E-state index contributed by atoms with van der Waals surface area (Å²) >= 11 is 0. The second-order valence-corrected chi connectivity index (χ2v) is 5.25. The molecule has 2 aromatic heterocycles. The van der Waals surface area contributed by atoms with Crippen molar-refractivity contribution in [2.45, 2.75) is 13.0 Å². The molecule has 0 spiro atoms. The van der Waals surface area contributed by atoms with Gasteiger partial charge >= 0.3 is 6.01 Å². The number of aromatic nitrogens is 5. The minimum atomic E-state index is -2.94. The highest BCUT2D eigenvalue weighted by Gasteiger charge is 2.15. The Morgan fingerprint density at radius 2 is 2.15 bits per heavy atom. The van der Waals surface area contributed by atoms with Crippen molar-refractivity contribution in [2.24, 2.45) is 0 Å². The third-order valence-corrected chi connectivity index (χ3v) is 3.46. The van der Waals surface area contributed by atoms with Crippen molar-refractivity contribution in [3.8, 4) is 11.7 Å². The number of nitrogens with zero attached hydrogens (tertiary/aromatic N) is 5. The molecule has 11 heteroatoms. The highest BCUT2D eigenvalue weighted by Crippen LogP contribution is 2.24. The van der Waals surface area contributed by atoms with Crippen LogP contribution >= 0.6 is 0 Å². The fraction of sp³-hybridized carbons (Fsp3) is 0.188. The van der Waals surface area contributed by atoms with Crippen LogP contribution in [-0.2, 0) is 6.61 Å². The number of ether oxygens (including phenoxy) is 1. The lowest BCUT2D eigenvalue weighted by atomic mass is 10.2. The number of benzene rings is 1. The maximum atomic E-state index is 13.4. The average Bonchev–Trinajstić information content (AvgIpc) is 3.15. The van der Waals surface area contributed by atoms with Crippen molar-refractivity contribution in [1.82, 2.24) is 30.3 Å². The summed E-state index contributed by atoms with van der Waals surface area (Å²) in [6.07, 6.45) is -0.139. The second kappa shape index (κ2) is 7.81. The summed E-state index contributed by atoms with van der Waals surface area (Å²) in [6, 6.07) is 4.63. The van der Waals surface area contributed by atoms with Gasteiger partial charge in [0, 0.05) is 13.2 Å². The van der Waals surface area contributed by atoms with Gasteiger partial charge in [0.25, 0.3) is 12.3 Å². The topological polar surface area (TPSA) is 94.8 Å². The molecule has 3 rings (SSSR count). The molecule has 1 aromatic carbocycles. The van der Waals surface area contributed by atoms with Crippen LogP contribution in [-0.4, -0.2) is 37.9 Å². The van der Waals surface area contributed by atoms with E-state index in [1.807, 2.05) is 0 Å². The Morgan fingerprint density at radius 3 is 2.89 bits per heavy atom. The van der Waals surface area contributed by atoms with Gasteiger partial charge in [-0.05, 0) is 24.3 Å². The van der Waals surface area contributed by atoms with Gasteiger partial charge in [-0.25, -0.2) is 22.8 Å². The zero-order chi connectivity index (χ0) is 19.4. The first-order chi connectivity index (χ1) is 13.0. The number of carbonyl (C=O) groups excluding carboxylic acids is 1. The van der Waals surface area contributed by atoms with Gasteiger partial charge in [0.2, 0.25) is 0 Å². The quantitative estimate of drug-likeness (QED) is 0.706. The van der Waals surface area contributed by atoms with E-state index in [0.29, 0.717) is 5.69 Å². The first-order valence-electron chi connectivity index (χ1n) is 7.65. The van der Waals surface area contributed by atoms with Gasteiger partial charge in [0.15, 0.2) is 0 Å². The summed E-state index contributed by atoms with van der Waals surface area (Å²) in [5.41, 5.74) is -0.00704. The predicted octanol–water partition coefficient (Wildman–Crippen LogP) is 2.07. The van der Waals surface area contributed by atoms with E-state index in [-0.39, 0.29) is 29.9 Å². The Balaban J connectivity index is 1.72. The van der Waals surface area contributed by atoms with E-state index in [0.717, 1.165) is 12.1 Å². The Morgan fingerprint density at radius 1 is 1.33 bits per heavy atom. The van der Waals surface area contributed by atoms with Crippen LogP contribution in [0.15, 0.2) is 36.7 Å². The summed E-state index contributed by atoms with van der Waals surface area (Å²) in [7, 11) is 1.47. The molecule has 0 unspecified atom stereocenters. The molecular weight excluding hydrogens is 365 g/mol. The molecule has 0 bridgehead atoms. The zero-order valence-corrected chi connectivity index (χ0v) is 13.9. The Bertz CT molecular complexity index is 963. The molecule has 8 nitrogen and oxygen atoms in total. The summed E-state index contributed by atoms with van der Waals surface area (Å²) in [5.74, 6) is -1.38. The summed E-state index contributed by atoms with van der Waals surface area (Å²) in [5, 5.41) is 10.1. The summed E-state index contributed by atoms with van der Waals surface area (Å²) in [6.45, 7) is -0.0693. The molecule has 0 aliphatic heterocycles. The second-order valence-electron chi connectivity index (χ2n) is 5.25. The maximum absolute atomic E-state index is 13.4. The van der Waals surface area contributed by atoms with Crippen molar-refractivity contribution in [3.05, 3.63) is 59.4 Å². The highest BCUT2D eigenvalue weighted by atomic mass is 19.3. The monoisotopic (exact) mass is 378 g/mol. The van der Waals surface area contributed by atoms with Crippen molar-refractivity contribution < 1.29 is 22.7 Å². The number of nitrogens with one attached hydrogen (secondary N) is 1. The average molecular weight is 378 g/mol. The Labute approximate surface area is 151 Å². The first-order valence-corrected chi connectivity index (χ1v) is 7.65. The number of rotatable bonds is 6. The van der Waals surface area contributed by atoms with E-state index >= 15 is 0 Å². The highest BCUT2D eigenvalue weighted by molar-refractivity contribution is 5.91. The Kier molecular flexibility index (Phi) is 5.29. The number of hydrogen-bond acceptors (Lipinski definition) is 6. The molecule has 0 atom stereocenters. The van der Waals surface area contributed by atoms with Crippen LogP contribution in [0.25, 0.3) is 5.69 Å². The van der Waals surface area contributed by atoms with Gasteiger partial charge in [-0.15, -0.1) is 5.10 Å². The number of halogens is 3. The van der Waals surface area contributed by atoms with Crippen LogP contribution in [0, 0.1) is 5.82 Å². The number of carbonyl (C=O) groups is 1. The van der Waals surface area contributed by atoms with Crippen LogP contribution < -0.4 is 10.1 Å². The normalized spacial score (nSPS) is 10.9. The van der Waals surface area contributed by atoms with Crippen molar-refractivity contribution >= 4 is 5.91 Å². The van der Waals surface area contributed by atoms with Gasteiger partial charge in [-0.2, -0.15) is 4.98 Å². The van der Waals surface area contributed by atoms with Gasteiger partial charge in [0.05, 0.1) is 17.4 Å². The third-order valence-electron chi connectivity index (χ3n) is 3.46. The van der Waals surface area contributed by atoms with E-state index in [4.69, 9.17) is 4.74 Å². The van der Waals surface area contributed by atoms with Crippen LogP contribution in [0.1, 0.15) is 28.2 Å². The standard InChI is InChI=1S/C16H13F3N6O2/c1-20-15(26)13-4-5-21-16(22-13)27-8-9-7-25(24-23-9)10-2-3-12(17)11(6-10)14(18)19/h2-7,14H,8H2,1H3,(H,20,26). The number of hydrogen-bond donors (Lipinski definition) is 1. The molecule has 27 heavy (non-hydrogen) atoms. The summed E-state index contributed by atoms with van der Waals surface area (Å²) < 4.78 is 45.6. The fourth-order valence-electron chi connectivity index (χ4n) is 2.13. The molecule has 0 aliphatic rings. The van der Waals surface area contributed by atoms with E-state index < -0.39 is 17.8 Å². The zero-order valence-electron chi connectivity index (χ0n) is 13.9. The number of amides is 1. The lowest BCUT2D eigenvalue weighted by Crippen LogP contribution is -2.19. The van der Waals surface area contributed by atoms with E-state index in [1.54, 1.807) is 0 Å². The van der Waals surface area contributed by atoms with Crippen molar-refractivity contribution in [2.75, 3.05) is 7.05 Å². The molecule has 1 N–H and O–H groups in total. The molecule has 3 aromatic rings. The lowest BCUT2D eigenvalue weighted by Gasteiger charge is -2.05. The maximum Gasteiger partial charge on any atom is 0.317 e. The Hall–Kier alpha value is -3.50. The molecule has 140 valence electrons. The van der Waals surface area contributed by atoms with E-state index in [2.05, 4.69) is 25.6 Å². The molecule has 0 saturated carbocycles. The van der Waals surface area contributed by atoms with Crippen molar-refractivity contribution in [1.29, 1.82) is 0 Å². The first kappa shape index (κ1) is 18.3. The van der Waals surface area contributed by atoms with E-state index in [1.165, 1.54) is 36.3 Å². The van der Waals surface area contributed by atoms with E-state index in [9.17, 15) is 18.0 Å². The third kappa shape index (κ3) is 4.19. The molecular formula is C16H13F3N6O2. The van der Waals surface area contributed by atoms with Crippen LogP contribution in [0.5, 0.6) is 6.01 Å². The lowest BCUT2D eigenvalue weighted by molar-refractivity contribution is 0.0956. The largest absolute Gasteiger partial charge is 0.457 e. The molecule has 2 heterocycles. The van der Waals surface area contributed by atoms with Gasteiger partial charge in [-0.3, -0.25) is 4.79 Å². The molecule has 0 aliphatic carbocycles. The van der Waals surface area contributed by atoms with Crippen molar-refractivity contribution in [3.63, 3.8) is 0 Å². The van der Waals surface area contributed by atoms with Gasteiger partial charge < -0.3 is 10.1 Å². The van der Waals surface area contributed by atoms with Gasteiger partial charge in [-0.1, -0.05) is 5.21 Å². The van der Waals surface area contributed by atoms with Crippen LogP contribution in [0.3, 0.4) is 0 Å². The molecule has 0 saturated heterocycles. The number of alkyl halides is 2. The molecule has 1 amide bonds. The smallest absolute Gasteiger partial charge is 0.317 e.